The number of fused-ring (bicyclic) bond motifs is 1. The van der Waals surface area contributed by atoms with Crippen molar-refractivity contribution in [2.24, 2.45) is 11.3 Å². The van der Waals surface area contributed by atoms with E-state index in [2.05, 4.69) is 70.1 Å². The molecule has 0 spiro atoms. The number of hydrogen-bond donors (Lipinski definition) is 1. The predicted octanol–water partition coefficient (Wildman–Crippen LogP) is 6.12. The Labute approximate surface area is 123 Å². The molecule has 1 heterocycles. The van der Waals surface area contributed by atoms with Crippen molar-refractivity contribution < 1.29 is 0 Å². The van der Waals surface area contributed by atoms with Crippen LogP contribution in [0.3, 0.4) is 0 Å². The highest BCUT2D eigenvalue weighted by Crippen LogP contribution is 2.35. The van der Waals surface area contributed by atoms with Crippen LogP contribution in [0.5, 0.6) is 0 Å². The van der Waals surface area contributed by atoms with Gasteiger partial charge in [0.1, 0.15) is 0 Å². The molecule has 1 nitrogen and oxygen atoms in total. The van der Waals surface area contributed by atoms with E-state index >= 15 is 0 Å². The molecule has 110 valence electrons. The zero-order chi connectivity index (χ0) is 14.8. The first-order chi connectivity index (χ1) is 9.42. The van der Waals surface area contributed by atoms with Gasteiger partial charge in [0.15, 0.2) is 0 Å². The van der Waals surface area contributed by atoms with Crippen molar-refractivity contribution in [3.05, 3.63) is 36.0 Å². The second-order valence-electron chi connectivity index (χ2n) is 7.23. The Balaban J connectivity index is 1.97. The monoisotopic (exact) mass is 271 g/mol. The maximum Gasteiger partial charge on any atom is 0.0456 e. The van der Waals surface area contributed by atoms with E-state index in [1.54, 1.807) is 0 Å². The third-order valence-corrected chi connectivity index (χ3v) is 5.17. The van der Waals surface area contributed by atoms with Gasteiger partial charge in [-0.25, -0.2) is 0 Å². The van der Waals surface area contributed by atoms with E-state index in [9.17, 15) is 0 Å². The first kappa shape index (κ1) is 15.2. The normalized spacial score (nSPS) is 14.1. The van der Waals surface area contributed by atoms with E-state index < -0.39 is 0 Å². The van der Waals surface area contributed by atoms with E-state index in [0.717, 1.165) is 5.92 Å². The number of nitrogens with one attached hydrogen (secondary N) is 1. The summed E-state index contributed by atoms with van der Waals surface area (Å²) in [5.74, 6) is 1.39. The van der Waals surface area contributed by atoms with Crippen LogP contribution in [0.15, 0.2) is 30.5 Å². The SMILES string of the molecule is CC(CCCC(C)(C)C(C)C)c1c[nH]c2ccccc12. The fourth-order valence-electron chi connectivity index (χ4n) is 2.81. The summed E-state index contributed by atoms with van der Waals surface area (Å²) in [4.78, 5) is 3.39. The van der Waals surface area contributed by atoms with Crippen molar-refractivity contribution >= 4 is 10.9 Å². The van der Waals surface area contributed by atoms with Crippen LogP contribution in [-0.4, -0.2) is 4.98 Å². The van der Waals surface area contributed by atoms with Crippen molar-refractivity contribution in [3.8, 4) is 0 Å². The quantitative estimate of drug-likeness (QED) is 0.651. The number of H-pyrrole nitrogens is 1. The van der Waals surface area contributed by atoms with Gasteiger partial charge >= 0.3 is 0 Å². The summed E-state index contributed by atoms with van der Waals surface area (Å²) in [5, 5.41) is 1.39. The molecule has 2 rings (SSSR count). The molecule has 1 unspecified atom stereocenters. The Hall–Kier alpha value is -1.24. The predicted molar refractivity (Wildman–Crippen MR) is 89.2 cm³/mol. The zero-order valence-corrected chi connectivity index (χ0v) is 13.7. The van der Waals surface area contributed by atoms with Crippen molar-refractivity contribution in [1.29, 1.82) is 0 Å². The number of benzene rings is 1. The van der Waals surface area contributed by atoms with Gasteiger partial charge in [-0.3, -0.25) is 0 Å². The summed E-state index contributed by atoms with van der Waals surface area (Å²) in [6, 6.07) is 8.62. The van der Waals surface area contributed by atoms with Gasteiger partial charge in [-0.05, 0) is 41.7 Å². The zero-order valence-electron chi connectivity index (χ0n) is 13.7. The van der Waals surface area contributed by atoms with Crippen LogP contribution in [-0.2, 0) is 0 Å². The third-order valence-electron chi connectivity index (χ3n) is 5.17. The lowest BCUT2D eigenvalue weighted by Gasteiger charge is -2.29. The third kappa shape index (κ3) is 3.26. The number of aromatic amines is 1. The molecule has 1 atom stereocenters. The summed E-state index contributed by atoms with van der Waals surface area (Å²) in [5.41, 5.74) is 3.19. The van der Waals surface area contributed by atoms with Crippen LogP contribution in [0.25, 0.3) is 10.9 Å². The number of para-hydroxylation sites is 1. The molecular formula is C19H29N. The van der Waals surface area contributed by atoms with Gasteiger partial charge in [-0.1, -0.05) is 59.2 Å². The van der Waals surface area contributed by atoms with Gasteiger partial charge in [0, 0.05) is 17.1 Å². The summed E-state index contributed by atoms with van der Waals surface area (Å²) < 4.78 is 0. The average Bonchev–Trinajstić information content (AvgIpc) is 2.82. The molecule has 0 saturated carbocycles. The molecule has 0 saturated heterocycles. The van der Waals surface area contributed by atoms with E-state index in [-0.39, 0.29) is 0 Å². The Morgan fingerprint density at radius 1 is 1.10 bits per heavy atom. The maximum absolute atomic E-state index is 3.39. The van der Waals surface area contributed by atoms with Crippen LogP contribution < -0.4 is 0 Å². The van der Waals surface area contributed by atoms with Crippen LogP contribution in [0, 0.1) is 11.3 Å². The van der Waals surface area contributed by atoms with Crippen LogP contribution in [0.4, 0.5) is 0 Å². The number of rotatable bonds is 6. The van der Waals surface area contributed by atoms with Crippen LogP contribution >= 0.6 is 0 Å². The van der Waals surface area contributed by atoms with Crippen molar-refractivity contribution in [2.45, 2.75) is 59.8 Å². The van der Waals surface area contributed by atoms with Crippen LogP contribution in [0.2, 0.25) is 0 Å². The summed E-state index contributed by atoms with van der Waals surface area (Å²) in [6.07, 6.45) is 6.10. The largest absolute Gasteiger partial charge is 0.361 e. The smallest absolute Gasteiger partial charge is 0.0456 e. The van der Waals surface area contributed by atoms with Gasteiger partial charge in [0.05, 0.1) is 0 Å². The maximum atomic E-state index is 3.39. The Morgan fingerprint density at radius 2 is 1.80 bits per heavy atom. The first-order valence-corrected chi connectivity index (χ1v) is 7.98. The lowest BCUT2D eigenvalue weighted by atomic mass is 9.76. The molecule has 1 aromatic heterocycles. The number of hydrogen-bond acceptors (Lipinski definition) is 0. The van der Waals surface area contributed by atoms with Crippen molar-refractivity contribution in [3.63, 3.8) is 0 Å². The topological polar surface area (TPSA) is 15.8 Å². The van der Waals surface area contributed by atoms with E-state index in [4.69, 9.17) is 0 Å². The van der Waals surface area contributed by atoms with E-state index in [1.165, 1.54) is 35.7 Å². The van der Waals surface area contributed by atoms with Crippen molar-refractivity contribution in [1.82, 2.24) is 4.98 Å². The van der Waals surface area contributed by atoms with Crippen LogP contribution in [0.1, 0.15) is 65.4 Å². The molecule has 1 N–H and O–H groups in total. The van der Waals surface area contributed by atoms with Gasteiger partial charge in [0.25, 0.3) is 0 Å². The second kappa shape index (κ2) is 6.03. The molecule has 0 fully saturated rings. The summed E-state index contributed by atoms with van der Waals surface area (Å²) in [7, 11) is 0. The first-order valence-electron chi connectivity index (χ1n) is 7.98. The van der Waals surface area contributed by atoms with Gasteiger partial charge in [0.2, 0.25) is 0 Å². The second-order valence-corrected chi connectivity index (χ2v) is 7.23. The molecule has 0 amide bonds. The van der Waals surface area contributed by atoms with Crippen molar-refractivity contribution in [2.75, 3.05) is 0 Å². The van der Waals surface area contributed by atoms with Gasteiger partial charge in [-0.15, -0.1) is 0 Å². The van der Waals surface area contributed by atoms with Gasteiger partial charge in [-0.2, -0.15) is 0 Å². The fourth-order valence-corrected chi connectivity index (χ4v) is 2.81. The highest BCUT2D eigenvalue weighted by atomic mass is 14.7. The minimum absolute atomic E-state index is 0.458. The lowest BCUT2D eigenvalue weighted by molar-refractivity contribution is 0.220. The Morgan fingerprint density at radius 3 is 2.50 bits per heavy atom. The summed E-state index contributed by atoms with van der Waals surface area (Å²) in [6.45, 7) is 11.8. The molecule has 0 radical (unpaired) electrons. The molecule has 2 aromatic rings. The average molecular weight is 271 g/mol. The minimum atomic E-state index is 0.458. The highest BCUT2D eigenvalue weighted by Gasteiger charge is 2.22. The molecule has 0 bridgehead atoms. The molecule has 1 aromatic carbocycles. The highest BCUT2D eigenvalue weighted by molar-refractivity contribution is 5.83. The van der Waals surface area contributed by atoms with Gasteiger partial charge < -0.3 is 4.98 Å². The lowest BCUT2D eigenvalue weighted by Crippen LogP contribution is -2.19. The Bertz CT molecular complexity index is 548. The van der Waals surface area contributed by atoms with E-state index in [0.29, 0.717) is 11.3 Å². The molecule has 0 aliphatic rings. The van der Waals surface area contributed by atoms with E-state index in [1.807, 2.05) is 0 Å². The fraction of sp³-hybridized carbons (Fsp3) is 0.579. The Kier molecular flexibility index (Phi) is 4.57. The summed E-state index contributed by atoms with van der Waals surface area (Å²) >= 11 is 0. The minimum Gasteiger partial charge on any atom is -0.361 e. The molecule has 0 aliphatic heterocycles. The molecular weight excluding hydrogens is 242 g/mol. The standard InChI is InChI=1S/C19H29N/c1-14(2)19(4,5)12-8-9-15(3)17-13-20-18-11-7-6-10-16(17)18/h6-7,10-11,13-15,20H,8-9,12H2,1-5H3. The molecule has 20 heavy (non-hydrogen) atoms. The number of aromatic nitrogens is 1. The molecule has 1 heteroatoms. The molecule has 0 aliphatic carbocycles.